The molecule has 3 N–H and O–H groups in total. The average Bonchev–Trinajstić information content (AvgIpc) is 2.93. The molecule has 1 saturated carbocycles. The molecule has 1 heterocycles. The lowest BCUT2D eigenvalue weighted by atomic mass is 9.78. The van der Waals surface area contributed by atoms with E-state index in [9.17, 15) is 4.79 Å². The molecule has 2 rings (SSSR count). The highest BCUT2D eigenvalue weighted by molar-refractivity contribution is 7.80. The Morgan fingerprint density at radius 2 is 1.76 bits per heavy atom. The monoisotopic (exact) mass is 423 g/mol. The molecule has 0 bridgehead atoms. The van der Waals surface area contributed by atoms with Gasteiger partial charge in [-0.3, -0.25) is 4.79 Å². The maximum absolute atomic E-state index is 13.0. The Bertz CT molecular complexity index is 516. The lowest BCUT2D eigenvalue weighted by molar-refractivity contribution is -0.128. The first kappa shape index (κ1) is 24.4. The van der Waals surface area contributed by atoms with Crippen molar-refractivity contribution in [3.63, 3.8) is 0 Å². The number of carbonyl (C=O) groups is 1. The Morgan fingerprint density at radius 3 is 2.28 bits per heavy atom. The van der Waals surface area contributed by atoms with Gasteiger partial charge in [0.25, 0.3) is 0 Å². The van der Waals surface area contributed by atoms with Crippen LogP contribution in [0.2, 0.25) is 0 Å². The third-order valence-corrected chi connectivity index (χ3v) is 7.66. The van der Waals surface area contributed by atoms with Crippen LogP contribution in [0.15, 0.2) is 0 Å². The van der Waals surface area contributed by atoms with Gasteiger partial charge in [-0.15, -0.1) is 0 Å². The van der Waals surface area contributed by atoms with Crippen molar-refractivity contribution in [2.45, 2.75) is 129 Å². The second-order valence-corrected chi connectivity index (χ2v) is 10.2. The number of nitrogens with one attached hydrogen (secondary N) is 3. The van der Waals surface area contributed by atoms with Crippen LogP contribution in [0.25, 0.3) is 0 Å². The molecule has 0 aromatic rings. The van der Waals surface area contributed by atoms with Gasteiger partial charge in [-0.25, -0.2) is 0 Å². The van der Waals surface area contributed by atoms with Gasteiger partial charge in [-0.05, 0) is 51.7 Å². The minimum Gasteiger partial charge on any atom is -0.358 e. The van der Waals surface area contributed by atoms with Crippen molar-refractivity contribution in [1.82, 2.24) is 16.0 Å². The van der Waals surface area contributed by atoms with E-state index in [1.165, 1.54) is 70.6 Å². The minimum absolute atomic E-state index is 0.0915. The Kier molecular flexibility index (Phi) is 10.2. The Morgan fingerprint density at radius 1 is 1.17 bits per heavy atom. The van der Waals surface area contributed by atoms with Gasteiger partial charge in [0, 0.05) is 12.1 Å². The molecule has 168 valence electrons. The van der Waals surface area contributed by atoms with Gasteiger partial charge in [0.1, 0.15) is 0 Å². The number of carbonyl (C=O) groups excluding carboxylic acids is 1. The highest BCUT2D eigenvalue weighted by Crippen LogP contribution is 2.29. The van der Waals surface area contributed by atoms with Crippen molar-refractivity contribution in [2.75, 3.05) is 0 Å². The second kappa shape index (κ2) is 12.1. The first-order valence-electron chi connectivity index (χ1n) is 12.3. The second-order valence-electron chi connectivity index (χ2n) is 9.82. The molecule has 1 amide bonds. The summed E-state index contributed by atoms with van der Waals surface area (Å²) < 4.78 is 0. The molecule has 2 fully saturated rings. The van der Waals surface area contributed by atoms with E-state index >= 15 is 0 Å². The summed E-state index contributed by atoms with van der Waals surface area (Å²) in [6.45, 7) is 8.47. The number of hydrogen-bond acceptors (Lipinski definition) is 2. The summed E-state index contributed by atoms with van der Waals surface area (Å²) in [5.74, 6) is 0.965. The minimum atomic E-state index is -0.328. The van der Waals surface area contributed by atoms with Gasteiger partial charge in [0.05, 0.1) is 11.5 Å². The molecule has 0 spiro atoms. The number of rotatable bonds is 8. The largest absolute Gasteiger partial charge is 0.358 e. The maximum Gasteiger partial charge on any atom is 0.225 e. The molecule has 2 aliphatic rings. The Balaban J connectivity index is 1.76. The fraction of sp³-hybridized carbons (Fsp3) is 0.917. The molecule has 5 heteroatoms. The van der Waals surface area contributed by atoms with E-state index in [4.69, 9.17) is 12.2 Å². The van der Waals surface area contributed by atoms with Gasteiger partial charge >= 0.3 is 0 Å². The quantitative estimate of drug-likeness (QED) is 0.454. The summed E-state index contributed by atoms with van der Waals surface area (Å²) in [7, 11) is 0. The molecular weight excluding hydrogens is 378 g/mol. The summed E-state index contributed by atoms with van der Waals surface area (Å²) >= 11 is 5.29. The molecule has 4 nitrogen and oxygen atoms in total. The van der Waals surface area contributed by atoms with Gasteiger partial charge in [0.2, 0.25) is 5.91 Å². The summed E-state index contributed by atoms with van der Waals surface area (Å²) in [6, 6.07) is 0.380. The number of thiocarbonyl (C=S) groups is 1. The van der Waals surface area contributed by atoms with Crippen molar-refractivity contribution in [3.8, 4) is 0 Å². The summed E-state index contributed by atoms with van der Waals surface area (Å²) in [6.07, 6.45) is 17.2. The first-order chi connectivity index (χ1) is 13.9. The predicted molar refractivity (Wildman–Crippen MR) is 127 cm³/mol. The normalized spacial score (nSPS) is 28.8. The van der Waals surface area contributed by atoms with Gasteiger partial charge < -0.3 is 16.0 Å². The molecule has 1 aliphatic carbocycles. The molecule has 0 radical (unpaired) electrons. The van der Waals surface area contributed by atoms with E-state index in [2.05, 4.69) is 43.6 Å². The summed E-state index contributed by atoms with van der Waals surface area (Å²) in [4.78, 5) is 13.0. The van der Waals surface area contributed by atoms with E-state index < -0.39 is 0 Å². The molecule has 0 aromatic heterocycles. The van der Waals surface area contributed by atoms with Crippen molar-refractivity contribution in [2.24, 2.45) is 11.8 Å². The zero-order valence-corrected chi connectivity index (χ0v) is 20.1. The standard InChI is InChI=1S/C24H45N3OS/c1-5-21(24(4)19(3)26-23(29)27-24)22(28)25-18(2)14-13-17-20-15-11-9-7-6-8-10-12-16-20/h18-21H,5-17H2,1-4H3,(H,25,28)(H2,26,27,29)/t18?,19-,21?,24?/m1/s1. The van der Waals surface area contributed by atoms with Crippen molar-refractivity contribution >= 4 is 23.2 Å². The fourth-order valence-electron chi connectivity index (χ4n) is 5.32. The van der Waals surface area contributed by atoms with Crippen LogP contribution in [-0.4, -0.2) is 28.6 Å². The fourth-order valence-corrected chi connectivity index (χ4v) is 5.71. The van der Waals surface area contributed by atoms with Crippen molar-refractivity contribution in [3.05, 3.63) is 0 Å². The highest BCUT2D eigenvalue weighted by Gasteiger charge is 2.47. The number of amides is 1. The molecule has 1 saturated heterocycles. The maximum atomic E-state index is 13.0. The van der Waals surface area contributed by atoms with Crippen molar-refractivity contribution < 1.29 is 4.79 Å². The Hall–Kier alpha value is -0.840. The SMILES string of the molecule is CCC(C(=O)NC(C)CCCC1CCCCCCCCC1)C1(C)NC(=S)N[C@@H]1C. The first-order valence-corrected chi connectivity index (χ1v) is 12.7. The summed E-state index contributed by atoms with van der Waals surface area (Å²) in [5.41, 5.74) is -0.328. The van der Waals surface area contributed by atoms with Crippen LogP contribution in [0.5, 0.6) is 0 Å². The van der Waals surface area contributed by atoms with Crippen LogP contribution in [0.1, 0.15) is 111 Å². The van der Waals surface area contributed by atoms with E-state index in [0.717, 1.165) is 18.8 Å². The highest BCUT2D eigenvalue weighted by atomic mass is 32.1. The molecule has 4 atom stereocenters. The molecular formula is C24H45N3OS. The molecule has 29 heavy (non-hydrogen) atoms. The van der Waals surface area contributed by atoms with Crippen LogP contribution < -0.4 is 16.0 Å². The lowest BCUT2D eigenvalue weighted by Gasteiger charge is -2.36. The topological polar surface area (TPSA) is 53.2 Å². The predicted octanol–water partition coefficient (Wildman–Crippen LogP) is 5.45. The Labute approximate surface area is 184 Å². The van der Waals surface area contributed by atoms with Crippen LogP contribution in [-0.2, 0) is 4.79 Å². The smallest absolute Gasteiger partial charge is 0.225 e. The lowest BCUT2D eigenvalue weighted by Crippen LogP contribution is -2.57. The molecule has 0 aromatic carbocycles. The molecule has 1 aliphatic heterocycles. The molecule has 3 unspecified atom stereocenters. The van der Waals surface area contributed by atoms with E-state index in [-0.39, 0.29) is 29.4 Å². The van der Waals surface area contributed by atoms with Crippen LogP contribution in [0.3, 0.4) is 0 Å². The van der Waals surface area contributed by atoms with E-state index in [1.54, 1.807) is 0 Å². The van der Waals surface area contributed by atoms with Gasteiger partial charge in [0.15, 0.2) is 5.11 Å². The van der Waals surface area contributed by atoms with E-state index in [0.29, 0.717) is 5.11 Å². The van der Waals surface area contributed by atoms with Crippen LogP contribution in [0.4, 0.5) is 0 Å². The zero-order chi connectivity index (χ0) is 21.3. The van der Waals surface area contributed by atoms with Gasteiger partial charge in [-0.2, -0.15) is 0 Å². The van der Waals surface area contributed by atoms with Crippen LogP contribution >= 0.6 is 12.2 Å². The average molecular weight is 424 g/mol. The van der Waals surface area contributed by atoms with E-state index in [1.807, 2.05) is 0 Å². The summed E-state index contributed by atoms with van der Waals surface area (Å²) in [5, 5.41) is 10.6. The number of hydrogen-bond donors (Lipinski definition) is 3. The zero-order valence-electron chi connectivity index (χ0n) is 19.3. The third kappa shape index (κ3) is 7.41. The third-order valence-electron chi connectivity index (χ3n) is 7.44. The van der Waals surface area contributed by atoms with Crippen LogP contribution in [0, 0.1) is 11.8 Å². The van der Waals surface area contributed by atoms with Gasteiger partial charge in [-0.1, -0.05) is 77.6 Å². The van der Waals surface area contributed by atoms with Crippen molar-refractivity contribution in [1.29, 1.82) is 0 Å².